The van der Waals surface area contributed by atoms with Crippen LogP contribution < -0.4 is 4.90 Å². The number of carbonyl (C=O) groups excluding carboxylic acids is 2. The Balaban J connectivity index is 2.36. The number of amides is 1. The van der Waals surface area contributed by atoms with Gasteiger partial charge in [0.05, 0.1) is 15.7 Å². The first-order valence-electron chi connectivity index (χ1n) is 6.31. The van der Waals surface area contributed by atoms with Gasteiger partial charge in [-0.05, 0) is 40.4 Å². The van der Waals surface area contributed by atoms with Gasteiger partial charge in [-0.2, -0.15) is 0 Å². The van der Waals surface area contributed by atoms with E-state index in [1.807, 2.05) is 6.92 Å². The largest absolute Gasteiger partial charge is 0.304 e. The lowest BCUT2D eigenvalue weighted by Gasteiger charge is -2.21. The Morgan fingerprint density at radius 1 is 1.37 bits per heavy atom. The van der Waals surface area contributed by atoms with Crippen LogP contribution in [0.15, 0.2) is 16.6 Å². The molecule has 1 amide bonds. The van der Waals surface area contributed by atoms with E-state index in [1.54, 1.807) is 0 Å². The maximum atomic E-state index is 13.6. The molecule has 5 heteroatoms. The van der Waals surface area contributed by atoms with Crippen molar-refractivity contribution >= 4 is 33.3 Å². The molecule has 19 heavy (non-hydrogen) atoms. The van der Waals surface area contributed by atoms with Crippen molar-refractivity contribution in [2.75, 3.05) is 11.4 Å². The van der Waals surface area contributed by atoms with Crippen LogP contribution >= 0.6 is 15.9 Å². The first kappa shape index (κ1) is 14.2. The van der Waals surface area contributed by atoms with Gasteiger partial charge >= 0.3 is 0 Å². The lowest BCUT2D eigenvalue weighted by molar-refractivity contribution is -0.114. The molecule has 3 nitrogen and oxygen atoms in total. The van der Waals surface area contributed by atoms with Gasteiger partial charge in [-0.1, -0.05) is 20.3 Å². The van der Waals surface area contributed by atoms with Crippen molar-refractivity contribution in [2.45, 2.75) is 26.7 Å². The number of rotatable bonds is 4. The Bertz CT molecular complexity index is 544. The lowest BCUT2D eigenvalue weighted by atomic mass is 10.1. The number of hydrogen-bond acceptors (Lipinski definition) is 2. The number of hydrogen-bond donors (Lipinski definition) is 0. The average molecular weight is 328 g/mol. The molecule has 1 aliphatic heterocycles. The number of ketones is 1. The lowest BCUT2D eigenvalue weighted by Crippen LogP contribution is -2.33. The summed E-state index contributed by atoms with van der Waals surface area (Å²) in [5, 5.41) is 0. The second-order valence-electron chi connectivity index (χ2n) is 4.92. The number of anilines is 1. The number of halogens is 2. The minimum absolute atomic E-state index is 0.204. The van der Waals surface area contributed by atoms with Gasteiger partial charge in [-0.25, -0.2) is 4.39 Å². The van der Waals surface area contributed by atoms with Gasteiger partial charge < -0.3 is 4.90 Å². The fraction of sp³-hybridized carbons (Fsp3) is 0.429. The molecule has 0 N–H and O–H groups in total. The third-order valence-corrected chi connectivity index (χ3v) is 3.90. The highest BCUT2D eigenvalue weighted by Crippen LogP contribution is 2.34. The molecule has 0 aliphatic carbocycles. The molecule has 0 spiro atoms. The van der Waals surface area contributed by atoms with Crippen molar-refractivity contribution in [1.29, 1.82) is 0 Å². The van der Waals surface area contributed by atoms with Gasteiger partial charge in [0, 0.05) is 6.54 Å². The van der Waals surface area contributed by atoms with Crippen molar-refractivity contribution in [3.8, 4) is 0 Å². The summed E-state index contributed by atoms with van der Waals surface area (Å²) in [4.78, 5) is 25.2. The highest BCUT2D eigenvalue weighted by atomic mass is 79.9. The van der Waals surface area contributed by atoms with Crippen molar-refractivity contribution < 1.29 is 14.0 Å². The maximum absolute atomic E-state index is 13.6. The Morgan fingerprint density at radius 2 is 2.05 bits per heavy atom. The summed E-state index contributed by atoms with van der Waals surface area (Å²) in [6, 6.07) is 2.64. The van der Waals surface area contributed by atoms with Crippen LogP contribution in [0, 0.1) is 11.7 Å². The molecule has 0 bridgehead atoms. The first-order chi connectivity index (χ1) is 8.95. The van der Waals surface area contributed by atoms with Gasteiger partial charge in [0.1, 0.15) is 5.82 Å². The van der Waals surface area contributed by atoms with E-state index in [-0.39, 0.29) is 16.0 Å². The van der Waals surface area contributed by atoms with Crippen LogP contribution in [0.1, 0.15) is 37.0 Å². The monoisotopic (exact) mass is 327 g/mol. The minimum Gasteiger partial charge on any atom is -0.304 e. The Kier molecular flexibility index (Phi) is 4.04. The molecule has 1 unspecified atom stereocenters. The topological polar surface area (TPSA) is 37.4 Å². The zero-order valence-corrected chi connectivity index (χ0v) is 12.5. The normalized spacial score (nSPS) is 15.9. The summed E-state index contributed by atoms with van der Waals surface area (Å²) in [7, 11) is 0. The highest BCUT2D eigenvalue weighted by molar-refractivity contribution is 9.10. The van der Waals surface area contributed by atoms with E-state index in [1.165, 1.54) is 17.0 Å². The van der Waals surface area contributed by atoms with Gasteiger partial charge in [0.15, 0.2) is 0 Å². The van der Waals surface area contributed by atoms with Crippen LogP contribution in [0.2, 0.25) is 0 Å². The Hall–Kier alpha value is -1.23. The molecule has 2 rings (SSSR count). The van der Waals surface area contributed by atoms with Crippen molar-refractivity contribution in [2.24, 2.45) is 5.92 Å². The molecule has 0 saturated heterocycles. The maximum Gasteiger partial charge on any atom is 0.299 e. The first-order valence-corrected chi connectivity index (χ1v) is 7.10. The van der Waals surface area contributed by atoms with Crippen molar-refractivity contribution in [3.05, 3.63) is 28.0 Å². The second kappa shape index (κ2) is 5.41. The highest BCUT2D eigenvalue weighted by Gasteiger charge is 2.37. The zero-order chi connectivity index (χ0) is 14.2. The van der Waals surface area contributed by atoms with E-state index in [9.17, 15) is 14.0 Å². The van der Waals surface area contributed by atoms with E-state index in [0.717, 1.165) is 12.8 Å². The summed E-state index contributed by atoms with van der Waals surface area (Å²) in [5.41, 5.74) is 0.667. The van der Waals surface area contributed by atoms with Gasteiger partial charge in [-0.15, -0.1) is 0 Å². The Morgan fingerprint density at radius 3 is 2.68 bits per heavy atom. The van der Waals surface area contributed by atoms with E-state index in [0.29, 0.717) is 12.2 Å². The zero-order valence-electron chi connectivity index (χ0n) is 10.9. The summed E-state index contributed by atoms with van der Waals surface area (Å²) in [6.07, 6.45) is 1.98. The van der Waals surface area contributed by atoms with Crippen LogP contribution in [0.5, 0.6) is 0 Å². The predicted molar refractivity (Wildman–Crippen MR) is 74.9 cm³/mol. The van der Waals surface area contributed by atoms with Crippen molar-refractivity contribution in [3.63, 3.8) is 0 Å². The van der Waals surface area contributed by atoms with Gasteiger partial charge in [0.25, 0.3) is 11.7 Å². The van der Waals surface area contributed by atoms with Gasteiger partial charge in [-0.3, -0.25) is 9.59 Å². The molecular formula is C14H15BrFNO2. The molecule has 1 heterocycles. The van der Waals surface area contributed by atoms with Gasteiger partial charge in [0.2, 0.25) is 0 Å². The SMILES string of the molecule is CCCC(C)CN1C(=O)C(=O)c2cc(Br)c(F)cc21. The molecule has 1 atom stereocenters. The second-order valence-corrected chi connectivity index (χ2v) is 5.78. The molecule has 1 aromatic rings. The average Bonchev–Trinajstić information content (AvgIpc) is 2.56. The summed E-state index contributed by atoms with van der Waals surface area (Å²) >= 11 is 3.03. The Labute approximate surface area is 119 Å². The van der Waals surface area contributed by atoms with Crippen LogP contribution in [-0.4, -0.2) is 18.2 Å². The third kappa shape index (κ3) is 2.56. The van der Waals surface area contributed by atoms with Crippen LogP contribution in [-0.2, 0) is 4.79 Å². The number of benzene rings is 1. The summed E-state index contributed by atoms with van der Waals surface area (Å²) in [6.45, 7) is 4.54. The molecular weight excluding hydrogens is 313 g/mol. The van der Waals surface area contributed by atoms with Crippen LogP contribution in [0.25, 0.3) is 0 Å². The van der Waals surface area contributed by atoms with E-state index >= 15 is 0 Å². The van der Waals surface area contributed by atoms with Crippen LogP contribution in [0.4, 0.5) is 10.1 Å². The molecule has 0 aromatic heterocycles. The summed E-state index contributed by atoms with van der Waals surface area (Å²) in [5.74, 6) is -1.30. The number of nitrogens with zero attached hydrogens (tertiary/aromatic N) is 1. The van der Waals surface area contributed by atoms with Crippen molar-refractivity contribution in [1.82, 2.24) is 0 Å². The molecule has 102 valence electrons. The third-order valence-electron chi connectivity index (χ3n) is 3.29. The van der Waals surface area contributed by atoms with E-state index < -0.39 is 17.5 Å². The number of fused-ring (bicyclic) bond motifs is 1. The van der Waals surface area contributed by atoms with E-state index in [2.05, 4.69) is 22.9 Å². The number of Topliss-reactive ketones (excluding diaryl/α,β-unsaturated/α-hetero) is 1. The molecule has 0 radical (unpaired) electrons. The quantitative estimate of drug-likeness (QED) is 0.793. The summed E-state index contributed by atoms with van der Waals surface area (Å²) < 4.78 is 13.8. The molecule has 0 saturated carbocycles. The fourth-order valence-corrected chi connectivity index (χ4v) is 2.71. The molecule has 1 aromatic carbocycles. The molecule has 1 aliphatic rings. The van der Waals surface area contributed by atoms with Crippen LogP contribution in [0.3, 0.4) is 0 Å². The smallest absolute Gasteiger partial charge is 0.299 e. The standard InChI is InChI=1S/C14H15BrFNO2/c1-3-4-8(2)7-17-12-6-11(16)10(15)5-9(12)13(18)14(17)19/h5-6,8H,3-4,7H2,1-2H3. The minimum atomic E-state index is -0.560. The fourth-order valence-electron chi connectivity index (χ4n) is 2.37. The predicted octanol–water partition coefficient (Wildman–Crippen LogP) is 3.55. The molecule has 0 fully saturated rings. The van der Waals surface area contributed by atoms with E-state index in [4.69, 9.17) is 0 Å². The number of carbonyl (C=O) groups is 2.